The molecule has 0 bridgehead atoms. The van der Waals surface area contributed by atoms with E-state index in [1.165, 1.54) is 30.4 Å². The minimum absolute atomic E-state index is 0.0653. The van der Waals surface area contributed by atoms with Crippen LogP contribution < -0.4 is 0 Å². The van der Waals surface area contributed by atoms with Gasteiger partial charge in [0.1, 0.15) is 3.76 Å². The van der Waals surface area contributed by atoms with Crippen LogP contribution in [-0.4, -0.2) is 28.5 Å². The van der Waals surface area contributed by atoms with Gasteiger partial charge in [0, 0.05) is 17.2 Å². The van der Waals surface area contributed by atoms with Gasteiger partial charge in [0.25, 0.3) is 5.78 Å². The normalized spacial score (nSPS) is 14.3. The van der Waals surface area contributed by atoms with Gasteiger partial charge in [0.05, 0.1) is 4.90 Å². The molecule has 1 aromatic carbocycles. The van der Waals surface area contributed by atoms with E-state index in [0.29, 0.717) is 5.56 Å². The summed E-state index contributed by atoms with van der Waals surface area (Å²) in [5, 5.41) is 0. The SMILES string of the molecule is [N-]=[N+]=C1C=Cc2c(cccc2S(=O)(=O)CI)C1=O. The molecule has 0 saturated carbocycles. The third-order valence-corrected chi connectivity index (χ3v) is 6.31. The van der Waals surface area contributed by atoms with E-state index in [0.717, 1.165) is 0 Å². The van der Waals surface area contributed by atoms with Gasteiger partial charge < -0.3 is 5.53 Å². The van der Waals surface area contributed by atoms with E-state index < -0.39 is 15.6 Å². The molecule has 0 aromatic heterocycles. The fourth-order valence-electron chi connectivity index (χ4n) is 1.70. The number of hydrogen-bond acceptors (Lipinski definition) is 3. The summed E-state index contributed by atoms with van der Waals surface area (Å²) in [5.41, 5.74) is 9.14. The smallest absolute Gasteiger partial charge is 0.361 e. The number of sulfone groups is 1. The van der Waals surface area contributed by atoms with E-state index in [-0.39, 0.29) is 19.9 Å². The number of carbonyl (C=O) groups is 1. The van der Waals surface area contributed by atoms with Gasteiger partial charge in [-0.1, -0.05) is 34.7 Å². The molecule has 0 fully saturated rings. The second-order valence-electron chi connectivity index (χ2n) is 3.59. The van der Waals surface area contributed by atoms with Crippen molar-refractivity contribution in [3.8, 4) is 0 Å². The Hall–Kier alpha value is -1.31. The molecular weight excluding hydrogens is 367 g/mol. The Balaban J connectivity index is 2.76. The number of Topliss-reactive ketones (excluding diaryl/α,β-unsaturated/α-hetero) is 1. The summed E-state index contributed by atoms with van der Waals surface area (Å²) in [4.78, 5) is 14.9. The van der Waals surface area contributed by atoms with Crippen molar-refractivity contribution in [2.75, 3.05) is 3.76 Å². The summed E-state index contributed by atoms with van der Waals surface area (Å²) in [6.45, 7) is 0. The van der Waals surface area contributed by atoms with Gasteiger partial charge in [-0.15, -0.1) is 0 Å². The van der Waals surface area contributed by atoms with Crippen LogP contribution in [0.4, 0.5) is 0 Å². The van der Waals surface area contributed by atoms with Crippen LogP contribution in [0.15, 0.2) is 29.2 Å². The van der Waals surface area contributed by atoms with Crippen molar-refractivity contribution < 1.29 is 18.0 Å². The number of alkyl halides is 1. The number of hydrogen-bond donors (Lipinski definition) is 0. The lowest BCUT2D eigenvalue weighted by atomic mass is 9.95. The molecule has 0 unspecified atom stereocenters. The predicted molar refractivity (Wildman–Crippen MR) is 74.5 cm³/mol. The Bertz CT molecular complexity index is 716. The van der Waals surface area contributed by atoms with Crippen LogP contribution in [-0.2, 0) is 9.84 Å². The zero-order valence-electron chi connectivity index (χ0n) is 9.00. The molecule has 5 nitrogen and oxygen atoms in total. The Labute approximate surface area is 117 Å². The van der Waals surface area contributed by atoms with Gasteiger partial charge >= 0.3 is 5.71 Å². The highest BCUT2D eigenvalue weighted by atomic mass is 127. The minimum Gasteiger partial charge on any atom is -0.361 e. The molecule has 0 N–H and O–H groups in total. The molecule has 2 rings (SSSR count). The highest BCUT2D eigenvalue weighted by Crippen LogP contribution is 2.26. The monoisotopic (exact) mass is 374 g/mol. The average molecular weight is 374 g/mol. The number of fused-ring (bicyclic) bond motifs is 1. The number of benzene rings is 1. The molecule has 7 heteroatoms. The maximum atomic E-state index is 11.9. The summed E-state index contributed by atoms with van der Waals surface area (Å²) in [5.74, 6) is -0.486. The molecule has 92 valence electrons. The van der Waals surface area contributed by atoms with Crippen LogP contribution in [0, 0.1) is 0 Å². The highest BCUT2D eigenvalue weighted by Gasteiger charge is 2.29. The molecule has 18 heavy (non-hydrogen) atoms. The first-order valence-electron chi connectivity index (χ1n) is 4.88. The standard InChI is InChI=1S/C11H7IN2O3S/c12-6-18(16,17)10-3-1-2-8-7(10)4-5-9(14-13)11(8)15/h1-5H,6H2. The zero-order valence-corrected chi connectivity index (χ0v) is 12.0. The van der Waals surface area contributed by atoms with Crippen LogP contribution >= 0.6 is 22.6 Å². The Morgan fingerprint density at radius 1 is 1.28 bits per heavy atom. The van der Waals surface area contributed by atoms with Crippen molar-refractivity contribution in [1.82, 2.24) is 0 Å². The number of nitrogens with zero attached hydrogens (tertiary/aromatic N) is 2. The van der Waals surface area contributed by atoms with Gasteiger partial charge in [-0.05, 0) is 12.1 Å². The summed E-state index contributed by atoms with van der Waals surface area (Å²) in [7, 11) is -3.41. The lowest BCUT2D eigenvalue weighted by Gasteiger charge is -2.11. The lowest BCUT2D eigenvalue weighted by Crippen LogP contribution is -2.19. The molecule has 1 aliphatic rings. The van der Waals surface area contributed by atoms with Gasteiger partial charge in [-0.3, -0.25) is 4.79 Å². The third-order valence-electron chi connectivity index (χ3n) is 2.54. The van der Waals surface area contributed by atoms with E-state index in [2.05, 4.69) is 4.79 Å². The quantitative estimate of drug-likeness (QED) is 0.342. The van der Waals surface area contributed by atoms with Crippen LogP contribution in [0.2, 0.25) is 0 Å². The van der Waals surface area contributed by atoms with Crippen LogP contribution in [0.5, 0.6) is 0 Å². The van der Waals surface area contributed by atoms with Gasteiger partial charge in [-0.2, -0.15) is 4.79 Å². The maximum Gasteiger partial charge on any atom is 0.362 e. The second-order valence-corrected chi connectivity index (χ2v) is 7.34. The number of carbonyl (C=O) groups excluding carboxylic acids is 1. The van der Waals surface area contributed by atoms with Crippen LogP contribution in [0.3, 0.4) is 0 Å². The molecule has 0 heterocycles. The molecule has 1 aromatic rings. The van der Waals surface area contributed by atoms with E-state index in [9.17, 15) is 13.2 Å². The van der Waals surface area contributed by atoms with E-state index in [1.54, 1.807) is 22.6 Å². The molecule has 0 radical (unpaired) electrons. The predicted octanol–water partition coefficient (Wildman–Crippen LogP) is 1.73. The molecule has 0 saturated heterocycles. The first kappa shape index (κ1) is 13.1. The minimum atomic E-state index is -3.41. The molecular formula is C11H7IN2O3S. The van der Waals surface area contributed by atoms with Crippen molar-refractivity contribution in [2.24, 2.45) is 0 Å². The van der Waals surface area contributed by atoms with Crippen molar-refractivity contribution in [3.63, 3.8) is 0 Å². The van der Waals surface area contributed by atoms with Crippen molar-refractivity contribution >= 4 is 50.0 Å². The van der Waals surface area contributed by atoms with Gasteiger partial charge in [0.15, 0.2) is 9.84 Å². The van der Waals surface area contributed by atoms with Gasteiger partial charge in [-0.25, -0.2) is 8.42 Å². The van der Waals surface area contributed by atoms with Crippen LogP contribution in [0.25, 0.3) is 11.6 Å². The van der Waals surface area contributed by atoms with E-state index in [4.69, 9.17) is 5.53 Å². The topological polar surface area (TPSA) is 87.6 Å². The Morgan fingerprint density at radius 3 is 2.61 bits per heavy atom. The summed E-state index contributed by atoms with van der Waals surface area (Å²) in [6.07, 6.45) is 2.78. The van der Waals surface area contributed by atoms with Crippen molar-refractivity contribution in [3.05, 3.63) is 40.9 Å². The Kier molecular flexibility index (Phi) is 3.47. The van der Waals surface area contributed by atoms with Crippen molar-refractivity contribution in [2.45, 2.75) is 4.90 Å². The van der Waals surface area contributed by atoms with Crippen LogP contribution in [0.1, 0.15) is 15.9 Å². The molecule has 1 aliphatic carbocycles. The summed E-state index contributed by atoms with van der Waals surface area (Å²) < 4.78 is 23.7. The van der Waals surface area contributed by atoms with Crippen molar-refractivity contribution in [1.29, 1.82) is 0 Å². The number of ketones is 1. The highest BCUT2D eigenvalue weighted by molar-refractivity contribution is 14.1. The summed E-state index contributed by atoms with van der Waals surface area (Å²) in [6, 6.07) is 4.48. The number of rotatable bonds is 2. The maximum absolute atomic E-state index is 11.9. The van der Waals surface area contributed by atoms with Gasteiger partial charge in [0.2, 0.25) is 0 Å². The summed E-state index contributed by atoms with van der Waals surface area (Å²) >= 11 is 1.76. The molecule has 0 spiro atoms. The first-order chi connectivity index (χ1) is 8.51. The fourth-order valence-corrected chi connectivity index (χ4v) is 3.62. The number of halogens is 1. The largest absolute Gasteiger partial charge is 0.362 e. The fraction of sp³-hybridized carbons (Fsp3) is 0.0909. The zero-order chi connectivity index (χ0) is 13.3. The van der Waals surface area contributed by atoms with E-state index >= 15 is 0 Å². The van der Waals surface area contributed by atoms with E-state index in [1.807, 2.05) is 0 Å². The molecule has 0 aliphatic heterocycles. The first-order valence-corrected chi connectivity index (χ1v) is 8.05. The molecule has 0 amide bonds. The number of allylic oxidation sites excluding steroid dienone is 1. The average Bonchev–Trinajstić information content (AvgIpc) is 2.39. The molecule has 0 atom stereocenters. The Morgan fingerprint density at radius 2 is 2.00 bits per heavy atom. The third kappa shape index (κ3) is 2.05. The second kappa shape index (κ2) is 4.75. The lowest BCUT2D eigenvalue weighted by molar-refractivity contribution is -0.00436.